The van der Waals surface area contributed by atoms with Gasteiger partial charge in [-0.25, -0.2) is 0 Å². The highest BCUT2D eigenvalue weighted by Crippen LogP contribution is 2.66. The highest BCUT2D eigenvalue weighted by molar-refractivity contribution is 5.86. The van der Waals surface area contributed by atoms with Crippen LogP contribution in [0.2, 0.25) is 0 Å². The van der Waals surface area contributed by atoms with Crippen LogP contribution < -0.4 is 4.74 Å². The smallest absolute Gasteiger partial charge is 0.171 e. The van der Waals surface area contributed by atoms with Crippen molar-refractivity contribution in [1.29, 1.82) is 0 Å². The summed E-state index contributed by atoms with van der Waals surface area (Å²) in [6, 6.07) is 1.58. The average molecular weight is 358 g/mol. The van der Waals surface area contributed by atoms with Crippen molar-refractivity contribution in [1.82, 2.24) is 0 Å². The summed E-state index contributed by atoms with van der Waals surface area (Å²) in [7, 11) is 0. The van der Waals surface area contributed by atoms with E-state index in [9.17, 15) is 15.0 Å². The molecule has 142 valence electrons. The van der Waals surface area contributed by atoms with Gasteiger partial charge in [0.15, 0.2) is 17.8 Å². The largest absolute Gasteiger partial charge is 0.504 e. The van der Waals surface area contributed by atoms with Gasteiger partial charge in [-0.1, -0.05) is 34.1 Å². The molecule has 1 heterocycles. The van der Waals surface area contributed by atoms with Crippen LogP contribution in [0.15, 0.2) is 6.07 Å². The predicted molar refractivity (Wildman–Crippen MR) is 99.8 cm³/mol. The lowest BCUT2D eigenvalue weighted by molar-refractivity contribution is -0.184. The molecule has 0 amide bonds. The Kier molecular flexibility index (Phi) is 3.67. The van der Waals surface area contributed by atoms with E-state index in [0.29, 0.717) is 30.3 Å². The van der Waals surface area contributed by atoms with Gasteiger partial charge in [0.1, 0.15) is 16.9 Å². The molecular weight excluding hydrogens is 328 g/mol. The summed E-state index contributed by atoms with van der Waals surface area (Å²) in [6.07, 6.45) is 7.16. The fourth-order valence-electron chi connectivity index (χ4n) is 6.72. The summed E-state index contributed by atoms with van der Waals surface area (Å²) >= 11 is 0. The Balaban J connectivity index is 1.86. The summed E-state index contributed by atoms with van der Waals surface area (Å²) in [4.78, 5) is 11.6. The Labute approximate surface area is 155 Å². The Morgan fingerprint density at radius 3 is 2.62 bits per heavy atom. The maximum atomic E-state index is 11.6. The van der Waals surface area contributed by atoms with Gasteiger partial charge in [-0.3, -0.25) is 4.79 Å². The number of fused-ring (bicyclic) bond motifs is 3. The van der Waals surface area contributed by atoms with E-state index in [4.69, 9.17) is 4.74 Å². The molecule has 4 rings (SSSR count). The quantitative estimate of drug-likeness (QED) is 0.556. The van der Waals surface area contributed by atoms with Crippen LogP contribution in [0.3, 0.4) is 0 Å². The highest BCUT2D eigenvalue weighted by Gasteiger charge is 2.65. The molecule has 4 heteroatoms. The number of carbonyl (C=O) groups is 1. The number of carbonyl (C=O) groups excluding carboxylic acids is 1. The molecule has 1 aromatic carbocycles. The molecule has 2 N–H and O–H groups in total. The van der Waals surface area contributed by atoms with E-state index in [2.05, 4.69) is 27.7 Å². The summed E-state index contributed by atoms with van der Waals surface area (Å²) < 4.78 is 6.67. The van der Waals surface area contributed by atoms with Crippen LogP contribution in [0.4, 0.5) is 0 Å². The van der Waals surface area contributed by atoms with Crippen molar-refractivity contribution in [2.75, 3.05) is 0 Å². The van der Waals surface area contributed by atoms with Crippen LogP contribution in [0.25, 0.3) is 0 Å². The minimum absolute atomic E-state index is 0.0107. The molecule has 1 aliphatic heterocycles. The number of phenolic OH excluding ortho intramolecular Hbond substituents is 2. The zero-order valence-corrected chi connectivity index (χ0v) is 16.3. The number of phenols is 2. The molecule has 26 heavy (non-hydrogen) atoms. The lowest BCUT2D eigenvalue weighted by atomic mass is 9.44. The Bertz CT molecular complexity index is 768. The number of aromatic hydroxyl groups is 2. The first-order chi connectivity index (χ1) is 12.2. The topological polar surface area (TPSA) is 66.8 Å². The third-order valence-electron chi connectivity index (χ3n) is 8.08. The molecule has 1 spiro atoms. The van der Waals surface area contributed by atoms with E-state index in [1.807, 2.05) is 0 Å². The van der Waals surface area contributed by atoms with Crippen LogP contribution in [-0.2, 0) is 6.42 Å². The van der Waals surface area contributed by atoms with E-state index in [1.54, 1.807) is 6.07 Å². The number of hydrogen-bond acceptors (Lipinski definition) is 4. The molecule has 2 saturated carbocycles. The number of ether oxygens (including phenoxy) is 1. The Hall–Kier alpha value is -1.71. The van der Waals surface area contributed by atoms with Crippen LogP contribution in [0, 0.1) is 22.7 Å². The van der Waals surface area contributed by atoms with E-state index in [0.717, 1.165) is 18.4 Å². The van der Waals surface area contributed by atoms with Gasteiger partial charge in [-0.15, -0.1) is 0 Å². The maximum Gasteiger partial charge on any atom is 0.171 e. The van der Waals surface area contributed by atoms with Crippen molar-refractivity contribution >= 4 is 6.29 Å². The van der Waals surface area contributed by atoms with Gasteiger partial charge >= 0.3 is 0 Å². The van der Waals surface area contributed by atoms with Crippen molar-refractivity contribution in [2.24, 2.45) is 22.7 Å². The normalized spacial score (nSPS) is 37.7. The molecule has 2 aliphatic carbocycles. The summed E-state index contributed by atoms with van der Waals surface area (Å²) in [5, 5.41) is 20.2. The van der Waals surface area contributed by atoms with Gasteiger partial charge in [0, 0.05) is 17.4 Å². The molecule has 0 radical (unpaired) electrons. The van der Waals surface area contributed by atoms with E-state index >= 15 is 0 Å². The second-order valence-electron chi connectivity index (χ2n) is 9.72. The second-order valence-corrected chi connectivity index (χ2v) is 9.72. The van der Waals surface area contributed by atoms with Gasteiger partial charge in [0.05, 0.1) is 0 Å². The van der Waals surface area contributed by atoms with Gasteiger partial charge in [0.25, 0.3) is 0 Å². The number of hydrogen-bond donors (Lipinski definition) is 2. The fourth-order valence-corrected chi connectivity index (χ4v) is 6.72. The maximum absolute atomic E-state index is 11.6. The Morgan fingerprint density at radius 2 is 1.92 bits per heavy atom. The van der Waals surface area contributed by atoms with Crippen LogP contribution in [0.5, 0.6) is 17.2 Å². The monoisotopic (exact) mass is 358 g/mol. The molecule has 4 nitrogen and oxygen atoms in total. The number of rotatable bonds is 1. The van der Waals surface area contributed by atoms with Crippen molar-refractivity contribution in [2.45, 2.75) is 71.8 Å². The molecule has 4 atom stereocenters. The highest BCUT2D eigenvalue weighted by atomic mass is 16.5. The van der Waals surface area contributed by atoms with E-state index in [1.165, 1.54) is 19.3 Å². The van der Waals surface area contributed by atoms with Gasteiger partial charge in [0.2, 0.25) is 0 Å². The van der Waals surface area contributed by atoms with Crippen LogP contribution >= 0.6 is 0 Å². The van der Waals surface area contributed by atoms with E-state index in [-0.39, 0.29) is 33.5 Å². The SMILES string of the molecule is C[C@@H]1CCC2C(C)(C)CCCC2(C)[C@]12Cc1cc(O)c(O)c(C=O)c1O2. The first kappa shape index (κ1) is 17.7. The Morgan fingerprint density at radius 1 is 1.19 bits per heavy atom. The molecule has 2 unspecified atom stereocenters. The zero-order valence-electron chi connectivity index (χ0n) is 16.3. The van der Waals surface area contributed by atoms with Crippen molar-refractivity contribution in [3.05, 3.63) is 17.2 Å². The van der Waals surface area contributed by atoms with E-state index < -0.39 is 0 Å². The molecule has 0 bridgehead atoms. The lowest BCUT2D eigenvalue weighted by Crippen LogP contribution is -2.64. The number of benzene rings is 1. The van der Waals surface area contributed by atoms with Crippen molar-refractivity contribution in [3.63, 3.8) is 0 Å². The zero-order chi connectivity index (χ0) is 18.9. The molecule has 1 aromatic rings. The predicted octanol–water partition coefficient (Wildman–Crippen LogP) is 4.85. The van der Waals surface area contributed by atoms with Crippen molar-refractivity contribution < 1.29 is 19.7 Å². The minimum Gasteiger partial charge on any atom is -0.504 e. The van der Waals surface area contributed by atoms with Crippen LogP contribution in [-0.4, -0.2) is 22.1 Å². The molecular formula is C22H30O4. The lowest BCUT2D eigenvalue weighted by Gasteiger charge is -2.63. The summed E-state index contributed by atoms with van der Waals surface area (Å²) in [5.41, 5.74) is 0.838. The third-order valence-corrected chi connectivity index (χ3v) is 8.08. The minimum atomic E-state index is -0.381. The molecule has 0 saturated heterocycles. The second kappa shape index (κ2) is 5.40. The molecule has 2 fully saturated rings. The molecule has 0 aromatic heterocycles. The summed E-state index contributed by atoms with van der Waals surface area (Å²) in [5.74, 6) is 0.794. The average Bonchev–Trinajstić information content (AvgIpc) is 2.94. The van der Waals surface area contributed by atoms with Crippen LogP contribution in [0.1, 0.15) is 75.7 Å². The standard InChI is InChI=1S/C22H30O4/c1-13-6-7-17-20(2,3)8-5-9-21(17,4)22(13)11-14-10-16(24)18(25)15(12-23)19(14)26-22/h10,12-13,17,24-25H,5-9,11H2,1-4H3/t13-,17?,21?,22+/m1/s1. The van der Waals surface area contributed by atoms with Gasteiger partial charge < -0.3 is 14.9 Å². The fraction of sp³-hybridized carbons (Fsp3) is 0.682. The van der Waals surface area contributed by atoms with Gasteiger partial charge in [-0.2, -0.15) is 0 Å². The van der Waals surface area contributed by atoms with Gasteiger partial charge in [-0.05, 0) is 49.0 Å². The third kappa shape index (κ3) is 2.04. The first-order valence-electron chi connectivity index (χ1n) is 9.88. The summed E-state index contributed by atoms with van der Waals surface area (Å²) in [6.45, 7) is 9.40. The molecule has 3 aliphatic rings. The number of aldehydes is 1. The first-order valence-corrected chi connectivity index (χ1v) is 9.88. The van der Waals surface area contributed by atoms with Crippen molar-refractivity contribution in [3.8, 4) is 17.2 Å².